The predicted molar refractivity (Wildman–Crippen MR) is 38.9 cm³/mol. The average Bonchev–Trinajstić information content (AvgIpc) is 2.34. The second-order valence-electron chi connectivity index (χ2n) is 1.57. The third-order valence-electron chi connectivity index (χ3n) is 0.867. The largest absolute Gasteiger partial charge is 0.366 e. The Hall–Kier alpha value is -1.14. The Morgan fingerprint density at radius 2 is 2.50 bits per heavy atom. The van der Waals surface area contributed by atoms with Gasteiger partial charge in [-0.1, -0.05) is 5.21 Å². The number of aromatic nitrogens is 3. The van der Waals surface area contributed by atoms with E-state index in [0.717, 1.165) is 12.4 Å². The third-order valence-corrected chi connectivity index (χ3v) is 0.867. The van der Waals surface area contributed by atoms with Crippen molar-refractivity contribution in [3.05, 3.63) is 6.20 Å². The molecule has 58 valence electrons. The first kappa shape index (κ1) is 8.86. The molecule has 0 fully saturated rings. The average molecular weight is 144 g/mol. The maximum absolute atomic E-state index is 5.22. The molecule has 0 radical (unpaired) electrons. The molecule has 0 bridgehead atoms. The Labute approximate surface area is 58.8 Å². The van der Waals surface area contributed by atoms with Crippen molar-refractivity contribution in [2.45, 2.75) is 0 Å². The molecule has 10 heavy (non-hydrogen) atoms. The minimum Gasteiger partial charge on any atom is -0.366 e. The number of hydrogen-bond donors (Lipinski definition) is 4. The number of nitrogens with zero attached hydrogens (tertiary/aromatic N) is 2. The molecule has 0 aromatic carbocycles. The van der Waals surface area contributed by atoms with Crippen LogP contribution in [0.5, 0.6) is 0 Å². The molecule has 1 heterocycles. The number of rotatable bonds is 3. The van der Waals surface area contributed by atoms with Crippen LogP contribution in [0.2, 0.25) is 0 Å². The van der Waals surface area contributed by atoms with E-state index in [4.69, 9.17) is 5.73 Å². The van der Waals surface area contributed by atoms with E-state index < -0.39 is 0 Å². The van der Waals surface area contributed by atoms with E-state index in [1.54, 1.807) is 6.20 Å². The van der Waals surface area contributed by atoms with Crippen LogP contribution in [0, 0.1) is 0 Å². The molecule has 0 spiro atoms. The van der Waals surface area contributed by atoms with Gasteiger partial charge < -0.3 is 17.2 Å². The Bertz CT molecular complexity index is 147. The zero-order chi connectivity index (χ0) is 6.53. The molecule has 1 aromatic rings. The van der Waals surface area contributed by atoms with Crippen LogP contribution in [-0.4, -0.2) is 28.5 Å². The lowest BCUT2D eigenvalue weighted by Crippen LogP contribution is -2.13. The highest BCUT2D eigenvalue weighted by Gasteiger charge is 1.88. The molecular formula is C4H12N6. The van der Waals surface area contributed by atoms with E-state index >= 15 is 0 Å². The predicted octanol–water partition coefficient (Wildman–Crippen LogP) is -0.663. The number of H-pyrrole nitrogens is 1. The zero-order valence-corrected chi connectivity index (χ0v) is 5.67. The number of hydrogen-bond acceptors (Lipinski definition) is 5. The molecule has 0 atom stereocenters. The number of aromatic amines is 1. The maximum Gasteiger partial charge on any atom is 0.168 e. The van der Waals surface area contributed by atoms with Gasteiger partial charge in [-0.15, -0.1) is 5.10 Å². The SMILES string of the molecule is N.NCCNc1c[nH]nn1. The third kappa shape index (κ3) is 2.42. The summed E-state index contributed by atoms with van der Waals surface area (Å²) < 4.78 is 0. The van der Waals surface area contributed by atoms with Crippen LogP contribution >= 0.6 is 0 Å². The molecule has 0 saturated heterocycles. The van der Waals surface area contributed by atoms with Gasteiger partial charge in [0, 0.05) is 13.1 Å². The lowest BCUT2D eigenvalue weighted by Gasteiger charge is -1.94. The molecule has 0 unspecified atom stereocenters. The molecule has 0 aliphatic rings. The first-order valence-corrected chi connectivity index (χ1v) is 2.74. The molecule has 1 aromatic heterocycles. The van der Waals surface area contributed by atoms with Gasteiger partial charge in [-0.3, -0.25) is 5.10 Å². The van der Waals surface area contributed by atoms with Gasteiger partial charge in [0.15, 0.2) is 5.82 Å². The van der Waals surface area contributed by atoms with Gasteiger partial charge in [0.1, 0.15) is 0 Å². The Morgan fingerprint density at radius 3 is 3.00 bits per heavy atom. The van der Waals surface area contributed by atoms with Crippen molar-refractivity contribution in [3.8, 4) is 0 Å². The van der Waals surface area contributed by atoms with Gasteiger partial charge in [0.25, 0.3) is 0 Å². The normalized spacial score (nSPS) is 8.50. The van der Waals surface area contributed by atoms with E-state index in [1.165, 1.54) is 0 Å². The maximum atomic E-state index is 5.22. The molecule has 7 N–H and O–H groups in total. The second-order valence-corrected chi connectivity index (χ2v) is 1.57. The van der Waals surface area contributed by atoms with Crippen LogP contribution in [0.3, 0.4) is 0 Å². The van der Waals surface area contributed by atoms with Crippen molar-refractivity contribution in [1.29, 1.82) is 0 Å². The summed E-state index contributed by atoms with van der Waals surface area (Å²) in [4.78, 5) is 0. The van der Waals surface area contributed by atoms with Gasteiger partial charge in [-0.25, -0.2) is 0 Å². The van der Waals surface area contributed by atoms with Crippen molar-refractivity contribution in [3.63, 3.8) is 0 Å². The van der Waals surface area contributed by atoms with E-state index in [1.807, 2.05) is 0 Å². The summed E-state index contributed by atoms with van der Waals surface area (Å²) >= 11 is 0. The van der Waals surface area contributed by atoms with Crippen LogP contribution in [0.25, 0.3) is 0 Å². The fraction of sp³-hybridized carbons (Fsp3) is 0.500. The highest BCUT2D eigenvalue weighted by atomic mass is 15.3. The summed E-state index contributed by atoms with van der Waals surface area (Å²) in [6, 6.07) is 0. The van der Waals surface area contributed by atoms with Gasteiger partial charge in [-0.2, -0.15) is 0 Å². The highest BCUT2D eigenvalue weighted by molar-refractivity contribution is 5.28. The zero-order valence-electron chi connectivity index (χ0n) is 5.67. The lowest BCUT2D eigenvalue weighted by molar-refractivity contribution is 0.933. The molecule has 6 nitrogen and oxygen atoms in total. The van der Waals surface area contributed by atoms with Crippen LogP contribution in [0.4, 0.5) is 5.82 Å². The quantitative estimate of drug-likeness (QED) is 0.449. The van der Waals surface area contributed by atoms with Crippen molar-refractivity contribution in [1.82, 2.24) is 21.6 Å². The Kier molecular flexibility index (Phi) is 4.17. The molecule has 6 heteroatoms. The summed E-state index contributed by atoms with van der Waals surface area (Å²) in [5.41, 5.74) is 5.22. The smallest absolute Gasteiger partial charge is 0.168 e. The lowest BCUT2D eigenvalue weighted by atomic mass is 10.6. The van der Waals surface area contributed by atoms with Crippen molar-refractivity contribution in [2.24, 2.45) is 5.73 Å². The van der Waals surface area contributed by atoms with Crippen molar-refractivity contribution in [2.75, 3.05) is 18.4 Å². The van der Waals surface area contributed by atoms with Crippen LogP contribution in [0.1, 0.15) is 0 Å². The topological polar surface area (TPSA) is 115 Å². The van der Waals surface area contributed by atoms with Crippen LogP contribution in [-0.2, 0) is 0 Å². The molecule has 0 amide bonds. The summed E-state index contributed by atoms with van der Waals surface area (Å²) in [7, 11) is 0. The fourth-order valence-corrected chi connectivity index (χ4v) is 0.488. The summed E-state index contributed by atoms with van der Waals surface area (Å²) in [6.45, 7) is 1.33. The summed E-state index contributed by atoms with van der Waals surface area (Å²) in [6.07, 6.45) is 1.68. The van der Waals surface area contributed by atoms with Crippen molar-refractivity contribution < 1.29 is 0 Å². The molecule has 1 rings (SSSR count). The first-order valence-electron chi connectivity index (χ1n) is 2.74. The minimum absolute atomic E-state index is 0. The summed E-state index contributed by atoms with van der Waals surface area (Å²) in [5, 5.41) is 12.7. The first-order chi connectivity index (χ1) is 4.43. The molecule has 0 aliphatic carbocycles. The Morgan fingerprint density at radius 1 is 1.70 bits per heavy atom. The van der Waals surface area contributed by atoms with Gasteiger partial charge >= 0.3 is 0 Å². The van der Waals surface area contributed by atoms with Crippen LogP contribution < -0.4 is 17.2 Å². The second kappa shape index (κ2) is 4.71. The van der Waals surface area contributed by atoms with Crippen molar-refractivity contribution >= 4 is 5.82 Å². The molecule has 0 aliphatic heterocycles. The minimum atomic E-state index is 0. The monoisotopic (exact) mass is 144 g/mol. The number of anilines is 1. The number of nitrogens with one attached hydrogen (secondary N) is 2. The number of nitrogens with two attached hydrogens (primary N) is 1. The van der Waals surface area contributed by atoms with E-state index in [2.05, 4.69) is 20.7 Å². The van der Waals surface area contributed by atoms with E-state index in [-0.39, 0.29) is 6.15 Å². The molecular weight excluding hydrogens is 132 g/mol. The van der Waals surface area contributed by atoms with Gasteiger partial charge in [0.05, 0.1) is 6.20 Å². The highest BCUT2D eigenvalue weighted by Crippen LogP contribution is 1.92. The van der Waals surface area contributed by atoms with Gasteiger partial charge in [-0.05, 0) is 0 Å². The standard InChI is InChI=1S/C4H9N5.H3N/c5-1-2-6-4-3-7-9-8-4;/h3H,1-2,5H2,(H2,6,7,8,9);1H3. The summed E-state index contributed by atoms with van der Waals surface area (Å²) in [5.74, 6) is 0.737. The van der Waals surface area contributed by atoms with E-state index in [9.17, 15) is 0 Å². The molecule has 0 saturated carbocycles. The van der Waals surface area contributed by atoms with E-state index in [0.29, 0.717) is 6.54 Å². The van der Waals surface area contributed by atoms with Gasteiger partial charge in [0.2, 0.25) is 0 Å². The fourth-order valence-electron chi connectivity index (χ4n) is 0.488. The Balaban J connectivity index is 0.000000810. The van der Waals surface area contributed by atoms with Crippen LogP contribution in [0.15, 0.2) is 6.20 Å².